The SMILES string of the molecule is CCc1cc(Br)ccc1COCC(C)(C)[Si](C)C. The third-order valence-corrected chi connectivity index (χ3v) is 6.97. The molecule has 18 heavy (non-hydrogen) atoms. The summed E-state index contributed by atoms with van der Waals surface area (Å²) in [5.41, 5.74) is 2.69. The van der Waals surface area contributed by atoms with Crippen LogP contribution in [-0.4, -0.2) is 15.4 Å². The van der Waals surface area contributed by atoms with Crippen LogP contribution < -0.4 is 0 Å². The van der Waals surface area contributed by atoms with E-state index in [9.17, 15) is 0 Å². The lowest BCUT2D eigenvalue weighted by Crippen LogP contribution is -2.26. The van der Waals surface area contributed by atoms with Crippen LogP contribution >= 0.6 is 15.9 Å². The minimum atomic E-state index is -0.319. The molecule has 0 aliphatic heterocycles. The van der Waals surface area contributed by atoms with Gasteiger partial charge in [0.2, 0.25) is 0 Å². The molecule has 3 heteroatoms. The molecule has 0 aromatic heterocycles. The summed E-state index contributed by atoms with van der Waals surface area (Å²) in [5, 5.41) is 0.340. The van der Waals surface area contributed by atoms with E-state index in [1.807, 2.05) is 0 Å². The lowest BCUT2D eigenvalue weighted by atomic mass is 10.1. The molecule has 1 aromatic carbocycles. The van der Waals surface area contributed by atoms with Crippen molar-refractivity contribution in [2.24, 2.45) is 0 Å². The predicted molar refractivity (Wildman–Crippen MR) is 84.7 cm³/mol. The molecule has 0 saturated heterocycles. The van der Waals surface area contributed by atoms with Crippen LogP contribution in [0.5, 0.6) is 0 Å². The fraction of sp³-hybridized carbons (Fsp3) is 0.600. The monoisotopic (exact) mass is 327 g/mol. The molecule has 0 amide bonds. The molecule has 101 valence electrons. The zero-order valence-corrected chi connectivity index (χ0v) is 14.7. The van der Waals surface area contributed by atoms with Gasteiger partial charge in [0, 0.05) is 11.1 Å². The van der Waals surface area contributed by atoms with Gasteiger partial charge < -0.3 is 4.74 Å². The zero-order chi connectivity index (χ0) is 13.8. The van der Waals surface area contributed by atoms with Gasteiger partial charge in [-0.15, -0.1) is 0 Å². The Balaban J connectivity index is 2.59. The van der Waals surface area contributed by atoms with Crippen LogP contribution in [0.3, 0.4) is 0 Å². The number of halogens is 1. The summed E-state index contributed by atoms with van der Waals surface area (Å²) in [6, 6.07) is 6.45. The maximum absolute atomic E-state index is 5.94. The molecule has 0 unspecified atom stereocenters. The fourth-order valence-electron chi connectivity index (χ4n) is 1.62. The molecular formula is C15H24BrOSi. The van der Waals surface area contributed by atoms with Gasteiger partial charge >= 0.3 is 0 Å². The van der Waals surface area contributed by atoms with Crippen molar-refractivity contribution >= 4 is 24.7 Å². The molecule has 1 aromatic rings. The average Bonchev–Trinajstić information content (AvgIpc) is 2.30. The highest BCUT2D eigenvalue weighted by Gasteiger charge is 2.23. The van der Waals surface area contributed by atoms with Crippen molar-refractivity contribution in [3.05, 3.63) is 33.8 Å². The van der Waals surface area contributed by atoms with Crippen LogP contribution in [0.4, 0.5) is 0 Å². The summed E-state index contributed by atoms with van der Waals surface area (Å²) in [4.78, 5) is 0. The fourth-order valence-corrected chi connectivity index (χ4v) is 2.42. The normalized spacial score (nSPS) is 12.2. The van der Waals surface area contributed by atoms with Gasteiger partial charge in [-0.25, -0.2) is 0 Å². The van der Waals surface area contributed by atoms with Crippen molar-refractivity contribution in [2.45, 2.75) is 51.9 Å². The van der Waals surface area contributed by atoms with Gasteiger partial charge in [0.25, 0.3) is 0 Å². The van der Waals surface area contributed by atoms with Gasteiger partial charge in [0.05, 0.1) is 15.4 Å². The second kappa shape index (κ2) is 6.87. The van der Waals surface area contributed by atoms with Gasteiger partial charge in [0.1, 0.15) is 0 Å². The van der Waals surface area contributed by atoms with E-state index < -0.39 is 0 Å². The second-order valence-corrected chi connectivity index (χ2v) is 9.91. The standard InChI is InChI=1S/C15H24BrOSi/c1-6-12-9-14(16)8-7-13(12)10-17-11-15(2,3)18(4)5/h7-9H,6,10-11H2,1-5H3. The number of rotatable bonds is 6. The van der Waals surface area contributed by atoms with E-state index in [0.717, 1.165) is 24.1 Å². The molecule has 0 aliphatic carbocycles. The van der Waals surface area contributed by atoms with E-state index in [1.54, 1.807) is 0 Å². The number of hydrogen-bond donors (Lipinski definition) is 0. The van der Waals surface area contributed by atoms with Gasteiger partial charge in [-0.05, 0) is 34.7 Å². The summed E-state index contributed by atoms with van der Waals surface area (Å²) in [5.74, 6) is 0. The molecule has 0 N–H and O–H groups in total. The highest BCUT2D eigenvalue weighted by atomic mass is 79.9. The van der Waals surface area contributed by atoms with Gasteiger partial charge in [-0.1, -0.05) is 55.9 Å². The Morgan fingerprint density at radius 1 is 1.22 bits per heavy atom. The molecule has 0 fully saturated rings. The lowest BCUT2D eigenvalue weighted by Gasteiger charge is -2.27. The first-order valence-corrected chi connectivity index (χ1v) is 9.82. The maximum atomic E-state index is 5.94. The topological polar surface area (TPSA) is 9.23 Å². The molecule has 1 radical (unpaired) electrons. The zero-order valence-electron chi connectivity index (χ0n) is 12.1. The largest absolute Gasteiger partial charge is 0.377 e. The molecule has 1 nitrogen and oxygen atoms in total. The average molecular weight is 328 g/mol. The summed E-state index contributed by atoms with van der Waals surface area (Å²) < 4.78 is 7.09. The molecule has 0 bridgehead atoms. The Kier molecular flexibility index (Phi) is 6.08. The van der Waals surface area contributed by atoms with E-state index in [4.69, 9.17) is 4.74 Å². The lowest BCUT2D eigenvalue weighted by molar-refractivity contribution is 0.100. The van der Waals surface area contributed by atoms with Crippen LogP contribution in [0, 0.1) is 0 Å². The minimum absolute atomic E-state index is 0.319. The Labute approximate surface area is 122 Å². The van der Waals surface area contributed by atoms with E-state index >= 15 is 0 Å². The van der Waals surface area contributed by atoms with Gasteiger partial charge in [0.15, 0.2) is 0 Å². The highest BCUT2D eigenvalue weighted by Crippen LogP contribution is 2.29. The van der Waals surface area contributed by atoms with Crippen molar-refractivity contribution in [3.63, 3.8) is 0 Å². The Hall–Kier alpha value is -0.123. The molecule has 0 heterocycles. The van der Waals surface area contributed by atoms with E-state index in [2.05, 4.69) is 68.0 Å². The second-order valence-electron chi connectivity index (χ2n) is 5.64. The number of hydrogen-bond acceptors (Lipinski definition) is 1. The molecular weight excluding hydrogens is 304 g/mol. The van der Waals surface area contributed by atoms with Gasteiger partial charge in [-0.3, -0.25) is 0 Å². The van der Waals surface area contributed by atoms with Crippen molar-refractivity contribution in [1.29, 1.82) is 0 Å². The summed E-state index contributed by atoms with van der Waals surface area (Å²) in [7, 11) is -0.319. The maximum Gasteiger partial charge on any atom is 0.0719 e. The van der Waals surface area contributed by atoms with Crippen molar-refractivity contribution < 1.29 is 4.74 Å². The Morgan fingerprint density at radius 3 is 2.44 bits per heavy atom. The van der Waals surface area contributed by atoms with E-state index in [-0.39, 0.29) is 8.80 Å². The number of benzene rings is 1. The summed E-state index contributed by atoms with van der Waals surface area (Å²) >= 11 is 3.52. The van der Waals surface area contributed by atoms with E-state index in [1.165, 1.54) is 11.1 Å². The Bertz CT molecular complexity index is 388. The summed E-state index contributed by atoms with van der Waals surface area (Å²) in [6.07, 6.45) is 1.05. The van der Waals surface area contributed by atoms with E-state index in [0.29, 0.717) is 5.04 Å². The van der Waals surface area contributed by atoms with Crippen LogP contribution in [0.1, 0.15) is 31.9 Å². The quantitative estimate of drug-likeness (QED) is 0.663. The molecule has 1 rings (SSSR count). The number of ether oxygens (including phenoxy) is 1. The van der Waals surface area contributed by atoms with Crippen LogP contribution in [0.2, 0.25) is 18.1 Å². The molecule has 0 atom stereocenters. The highest BCUT2D eigenvalue weighted by molar-refractivity contribution is 9.10. The Morgan fingerprint density at radius 2 is 1.89 bits per heavy atom. The van der Waals surface area contributed by atoms with Gasteiger partial charge in [-0.2, -0.15) is 0 Å². The third kappa shape index (κ3) is 4.52. The first kappa shape index (κ1) is 15.9. The van der Waals surface area contributed by atoms with Crippen molar-refractivity contribution in [2.75, 3.05) is 6.61 Å². The first-order chi connectivity index (χ1) is 8.36. The van der Waals surface area contributed by atoms with Crippen molar-refractivity contribution in [3.8, 4) is 0 Å². The smallest absolute Gasteiger partial charge is 0.0719 e. The van der Waals surface area contributed by atoms with Crippen LogP contribution in [0.25, 0.3) is 0 Å². The summed E-state index contributed by atoms with van der Waals surface area (Å²) in [6.45, 7) is 13.1. The first-order valence-electron chi connectivity index (χ1n) is 6.52. The van der Waals surface area contributed by atoms with Crippen LogP contribution in [-0.2, 0) is 17.8 Å². The molecule has 0 saturated carbocycles. The predicted octanol–water partition coefficient (Wildman–Crippen LogP) is 5.06. The molecule has 0 spiro atoms. The molecule has 0 aliphatic rings. The minimum Gasteiger partial charge on any atom is -0.377 e. The third-order valence-electron chi connectivity index (χ3n) is 3.62. The number of aryl methyl sites for hydroxylation is 1. The van der Waals surface area contributed by atoms with Crippen molar-refractivity contribution in [1.82, 2.24) is 0 Å². The van der Waals surface area contributed by atoms with Crippen LogP contribution in [0.15, 0.2) is 22.7 Å².